The van der Waals surface area contributed by atoms with E-state index >= 15 is 0 Å². The first-order valence-electron chi connectivity index (χ1n) is 4.96. The largest absolute Gasteiger partial charge is 0.479 e. The number of alkyl halides is 1. The number of hydrogen-bond acceptors (Lipinski definition) is 1. The van der Waals surface area contributed by atoms with Gasteiger partial charge in [0.2, 0.25) is 0 Å². The van der Waals surface area contributed by atoms with Crippen LogP contribution in [0.2, 0.25) is 0 Å². The van der Waals surface area contributed by atoms with E-state index in [9.17, 15) is 9.18 Å². The van der Waals surface area contributed by atoms with E-state index in [4.69, 9.17) is 5.11 Å². The first-order valence-corrected chi connectivity index (χ1v) is 4.96. The van der Waals surface area contributed by atoms with Crippen molar-refractivity contribution in [3.05, 3.63) is 0 Å². The van der Waals surface area contributed by atoms with Crippen LogP contribution in [-0.4, -0.2) is 17.2 Å². The Labute approximate surface area is 79.1 Å². The van der Waals surface area contributed by atoms with Crippen LogP contribution < -0.4 is 0 Å². The Hall–Kier alpha value is -0.600. The van der Waals surface area contributed by atoms with Crippen LogP contribution in [0.4, 0.5) is 4.39 Å². The number of carboxylic acids is 1. The minimum absolute atomic E-state index is 0.352. The summed E-state index contributed by atoms with van der Waals surface area (Å²) in [5.74, 6) is -1.68. The smallest absolute Gasteiger partial charge is 0.338 e. The van der Waals surface area contributed by atoms with Crippen LogP contribution in [0.1, 0.15) is 46.0 Å². The van der Waals surface area contributed by atoms with E-state index in [1.165, 1.54) is 0 Å². The van der Waals surface area contributed by atoms with Crippen molar-refractivity contribution in [1.29, 1.82) is 0 Å². The molecule has 0 radical (unpaired) electrons. The fraction of sp³-hybridized carbons (Fsp3) is 0.900. The van der Waals surface area contributed by atoms with E-state index in [1.807, 2.05) is 0 Å². The van der Waals surface area contributed by atoms with Gasteiger partial charge in [0, 0.05) is 0 Å². The molecule has 0 spiro atoms. The molecule has 0 aromatic rings. The van der Waals surface area contributed by atoms with Gasteiger partial charge in [0.05, 0.1) is 0 Å². The molecule has 0 aliphatic carbocycles. The molecule has 0 heterocycles. The Morgan fingerprint density at radius 1 is 1.38 bits per heavy atom. The van der Waals surface area contributed by atoms with Gasteiger partial charge in [-0.15, -0.1) is 0 Å². The highest BCUT2D eigenvalue weighted by atomic mass is 19.1. The van der Waals surface area contributed by atoms with Gasteiger partial charge in [0.1, 0.15) is 0 Å². The van der Waals surface area contributed by atoms with Crippen LogP contribution in [0.5, 0.6) is 0 Å². The zero-order chi connectivity index (χ0) is 10.3. The normalized spacial score (nSPS) is 15.3. The standard InChI is InChI=1S/C10H19FO2/c1-3-4-5-6-7-8(2)9(11)10(12)13/h8-9H,3-7H2,1-2H3,(H,12,13). The molecule has 3 heteroatoms. The topological polar surface area (TPSA) is 37.3 Å². The predicted octanol–water partition coefficient (Wildman–Crippen LogP) is 3.02. The van der Waals surface area contributed by atoms with Gasteiger partial charge in [-0.05, 0) is 12.3 Å². The zero-order valence-corrected chi connectivity index (χ0v) is 8.42. The molecule has 0 rings (SSSR count). The fourth-order valence-corrected chi connectivity index (χ4v) is 1.28. The van der Waals surface area contributed by atoms with Crippen molar-refractivity contribution in [3.8, 4) is 0 Å². The van der Waals surface area contributed by atoms with E-state index < -0.39 is 12.1 Å². The maximum absolute atomic E-state index is 12.8. The Bertz CT molecular complexity index is 148. The van der Waals surface area contributed by atoms with Crippen molar-refractivity contribution in [3.63, 3.8) is 0 Å². The lowest BCUT2D eigenvalue weighted by Crippen LogP contribution is -2.22. The third-order valence-electron chi connectivity index (χ3n) is 2.25. The SMILES string of the molecule is CCCCCCC(C)C(F)C(=O)O. The van der Waals surface area contributed by atoms with Crippen LogP contribution in [-0.2, 0) is 4.79 Å². The van der Waals surface area contributed by atoms with Crippen LogP contribution in [0.25, 0.3) is 0 Å². The second-order valence-corrected chi connectivity index (χ2v) is 3.57. The number of rotatable bonds is 7. The molecule has 0 saturated carbocycles. The third kappa shape index (κ3) is 5.61. The molecular weight excluding hydrogens is 171 g/mol. The minimum atomic E-state index is -1.69. The number of halogens is 1. The molecular formula is C10H19FO2. The first-order chi connectivity index (χ1) is 6.09. The van der Waals surface area contributed by atoms with Gasteiger partial charge in [0.15, 0.2) is 6.17 Å². The van der Waals surface area contributed by atoms with Gasteiger partial charge in [0.25, 0.3) is 0 Å². The molecule has 1 N–H and O–H groups in total. The lowest BCUT2D eigenvalue weighted by Gasteiger charge is -2.12. The Morgan fingerprint density at radius 2 is 2.00 bits per heavy atom. The monoisotopic (exact) mass is 190 g/mol. The summed E-state index contributed by atoms with van der Waals surface area (Å²) >= 11 is 0. The Balaban J connectivity index is 3.50. The van der Waals surface area contributed by atoms with Gasteiger partial charge in [-0.2, -0.15) is 0 Å². The third-order valence-corrected chi connectivity index (χ3v) is 2.25. The fourth-order valence-electron chi connectivity index (χ4n) is 1.28. The molecule has 0 aliphatic rings. The molecule has 0 bridgehead atoms. The van der Waals surface area contributed by atoms with E-state index in [-0.39, 0.29) is 5.92 Å². The van der Waals surface area contributed by atoms with Gasteiger partial charge < -0.3 is 5.11 Å². The zero-order valence-electron chi connectivity index (χ0n) is 8.42. The highest BCUT2D eigenvalue weighted by Gasteiger charge is 2.22. The number of unbranched alkanes of at least 4 members (excludes halogenated alkanes) is 3. The molecule has 78 valence electrons. The summed E-state index contributed by atoms with van der Waals surface area (Å²) in [6, 6.07) is 0. The molecule has 2 atom stereocenters. The van der Waals surface area contributed by atoms with Crippen molar-refractivity contribution in [2.75, 3.05) is 0 Å². The summed E-state index contributed by atoms with van der Waals surface area (Å²) in [6.07, 6.45) is 3.29. The number of carboxylic acid groups (broad SMARTS) is 1. The van der Waals surface area contributed by atoms with Crippen molar-refractivity contribution in [1.82, 2.24) is 0 Å². The van der Waals surface area contributed by atoms with Crippen molar-refractivity contribution < 1.29 is 14.3 Å². The van der Waals surface area contributed by atoms with Gasteiger partial charge >= 0.3 is 5.97 Å². The molecule has 0 amide bonds. The second-order valence-electron chi connectivity index (χ2n) is 3.57. The first kappa shape index (κ1) is 12.4. The highest BCUT2D eigenvalue weighted by Crippen LogP contribution is 2.16. The maximum Gasteiger partial charge on any atom is 0.338 e. The van der Waals surface area contributed by atoms with E-state index in [0.29, 0.717) is 6.42 Å². The van der Waals surface area contributed by atoms with Crippen LogP contribution >= 0.6 is 0 Å². The Kier molecular flexibility index (Phi) is 6.55. The van der Waals surface area contributed by atoms with Gasteiger partial charge in [-0.3, -0.25) is 0 Å². The lowest BCUT2D eigenvalue weighted by molar-refractivity contribution is -0.144. The highest BCUT2D eigenvalue weighted by molar-refractivity contribution is 5.72. The molecule has 0 saturated heterocycles. The minimum Gasteiger partial charge on any atom is -0.479 e. The van der Waals surface area contributed by atoms with Gasteiger partial charge in [-0.25, -0.2) is 9.18 Å². The van der Waals surface area contributed by atoms with Crippen molar-refractivity contribution >= 4 is 5.97 Å². The van der Waals surface area contributed by atoms with Crippen molar-refractivity contribution in [2.24, 2.45) is 5.92 Å². The molecule has 2 nitrogen and oxygen atoms in total. The van der Waals surface area contributed by atoms with Crippen LogP contribution in [0.3, 0.4) is 0 Å². The van der Waals surface area contributed by atoms with E-state index in [1.54, 1.807) is 6.92 Å². The lowest BCUT2D eigenvalue weighted by atomic mass is 9.98. The van der Waals surface area contributed by atoms with Crippen LogP contribution in [0.15, 0.2) is 0 Å². The maximum atomic E-state index is 12.8. The summed E-state index contributed by atoms with van der Waals surface area (Å²) in [5, 5.41) is 8.38. The number of aliphatic carboxylic acids is 1. The van der Waals surface area contributed by atoms with Gasteiger partial charge in [-0.1, -0.05) is 39.5 Å². The number of carbonyl (C=O) groups is 1. The molecule has 0 fully saturated rings. The average Bonchev–Trinajstić information content (AvgIpc) is 2.10. The summed E-state index contributed by atoms with van der Waals surface area (Å²) in [5.41, 5.74) is 0. The molecule has 0 aliphatic heterocycles. The Morgan fingerprint density at radius 3 is 2.46 bits per heavy atom. The summed E-state index contributed by atoms with van der Waals surface area (Å²) in [7, 11) is 0. The predicted molar refractivity (Wildman–Crippen MR) is 50.5 cm³/mol. The van der Waals surface area contributed by atoms with E-state index in [2.05, 4.69) is 6.92 Å². The van der Waals surface area contributed by atoms with Crippen molar-refractivity contribution in [2.45, 2.75) is 52.1 Å². The summed E-state index contributed by atoms with van der Waals surface area (Å²) in [6.45, 7) is 3.77. The van der Waals surface area contributed by atoms with E-state index in [0.717, 1.165) is 25.7 Å². The molecule has 0 aromatic heterocycles. The molecule has 13 heavy (non-hydrogen) atoms. The summed E-state index contributed by atoms with van der Waals surface area (Å²) in [4.78, 5) is 10.3. The summed E-state index contributed by atoms with van der Waals surface area (Å²) < 4.78 is 12.8. The number of hydrogen-bond donors (Lipinski definition) is 1. The quantitative estimate of drug-likeness (QED) is 0.626. The average molecular weight is 190 g/mol. The molecule has 0 aromatic carbocycles. The molecule has 2 unspecified atom stereocenters. The van der Waals surface area contributed by atoms with Crippen LogP contribution in [0, 0.1) is 5.92 Å². The second kappa shape index (κ2) is 6.87.